The fourth-order valence-electron chi connectivity index (χ4n) is 3.79. The number of rotatable bonds is 7. The molecule has 1 amide bonds. The summed E-state index contributed by atoms with van der Waals surface area (Å²) in [5.74, 6) is 0.147. The Bertz CT molecular complexity index is 918. The lowest BCUT2D eigenvalue weighted by Crippen LogP contribution is -2.32. The molecule has 3 heteroatoms. The standard InChI is InChI=1S/C24H30N2O/c1-5-14-25(15-6-2)24(27)21-12-13-23-22(16-21)18(3)19(4)26(23)17-20-10-8-7-9-11-20/h7-13,16H,5-6,14-15,17H2,1-4H3. The Morgan fingerprint density at radius 2 is 1.63 bits per heavy atom. The van der Waals surface area contributed by atoms with Gasteiger partial charge in [-0.05, 0) is 56.0 Å². The minimum atomic E-state index is 0.147. The van der Waals surface area contributed by atoms with E-state index in [2.05, 4.69) is 68.7 Å². The van der Waals surface area contributed by atoms with Gasteiger partial charge in [0.05, 0.1) is 0 Å². The van der Waals surface area contributed by atoms with Crippen LogP contribution in [0.1, 0.15) is 53.9 Å². The molecule has 0 bridgehead atoms. The van der Waals surface area contributed by atoms with Gasteiger partial charge in [-0.15, -0.1) is 0 Å². The van der Waals surface area contributed by atoms with Crippen molar-refractivity contribution in [1.82, 2.24) is 9.47 Å². The fraction of sp³-hybridized carbons (Fsp3) is 0.375. The number of nitrogens with zero attached hydrogens (tertiary/aromatic N) is 2. The molecule has 0 unspecified atom stereocenters. The Morgan fingerprint density at radius 1 is 0.963 bits per heavy atom. The Morgan fingerprint density at radius 3 is 2.26 bits per heavy atom. The lowest BCUT2D eigenvalue weighted by molar-refractivity contribution is 0.0755. The maximum absolute atomic E-state index is 13.0. The molecular formula is C24H30N2O. The van der Waals surface area contributed by atoms with Gasteiger partial charge in [0.2, 0.25) is 0 Å². The van der Waals surface area contributed by atoms with Gasteiger partial charge >= 0.3 is 0 Å². The number of aryl methyl sites for hydroxylation is 1. The highest BCUT2D eigenvalue weighted by atomic mass is 16.2. The summed E-state index contributed by atoms with van der Waals surface area (Å²) in [4.78, 5) is 15.0. The summed E-state index contributed by atoms with van der Waals surface area (Å²) < 4.78 is 2.35. The van der Waals surface area contributed by atoms with Crippen LogP contribution >= 0.6 is 0 Å². The summed E-state index contributed by atoms with van der Waals surface area (Å²) >= 11 is 0. The van der Waals surface area contributed by atoms with E-state index in [9.17, 15) is 4.79 Å². The first kappa shape index (κ1) is 19.2. The average Bonchev–Trinajstić information content (AvgIpc) is 2.92. The van der Waals surface area contributed by atoms with E-state index >= 15 is 0 Å². The van der Waals surface area contributed by atoms with Gasteiger partial charge in [0.15, 0.2) is 0 Å². The molecule has 0 radical (unpaired) electrons. The number of hydrogen-bond acceptors (Lipinski definition) is 1. The van der Waals surface area contributed by atoms with E-state index in [0.717, 1.165) is 38.0 Å². The first-order chi connectivity index (χ1) is 13.1. The summed E-state index contributed by atoms with van der Waals surface area (Å²) in [7, 11) is 0. The number of carbonyl (C=O) groups is 1. The first-order valence-corrected chi connectivity index (χ1v) is 9.99. The van der Waals surface area contributed by atoms with E-state index in [1.165, 1.54) is 27.7 Å². The number of fused-ring (bicyclic) bond motifs is 1. The maximum Gasteiger partial charge on any atom is 0.253 e. The van der Waals surface area contributed by atoms with Crippen LogP contribution in [0.2, 0.25) is 0 Å². The lowest BCUT2D eigenvalue weighted by atomic mass is 10.1. The highest BCUT2D eigenvalue weighted by Gasteiger charge is 2.17. The van der Waals surface area contributed by atoms with Crippen LogP contribution in [0, 0.1) is 13.8 Å². The SMILES string of the molecule is CCCN(CCC)C(=O)c1ccc2c(c1)c(C)c(C)n2Cc1ccccc1. The summed E-state index contributed by atoms with van der Waals surface area (Å²) in [6, 6.07) is 16.7. The maximum atomic E-state index is 13.0. The molecule has 1 aromatic heterocycles. The van der Waals surface area contributed by atoms with Crippen molar-refractivity contribution >= 4 is 16.8 Å². The van der Waals surface area contributed by atoms with Gasteiger partial charge in [-0.25, -0.2) is 0 Å². The number of benzene rings is 2. The second kappa shape index (κ2) is 8.43. The molecule has 0 saturated heterocycles. The molecule has 0 N–H and O–H groups in total. The van der Waals surface area contributed by atoms with Gasteiger partial charge in [-0.3, -0.25) is 4.79 Å². The zero-order valence-electron chi connectivity index (χ0n) is 17.0. The third-order valence-electron chi connectivity index (χ3n) is 5.34. The largest absolute Gasteiger partial charge is 0.340 e. The van der Waals surface area contributed by atoms with Crippen LogP contribution in [-0.2, 0) is 6.54 Å². The van der Waals surface area contributed by atoms with Gasteiger partial charge in [0.1, 0.15) is 0 Å². The van der Waals surface area contributed by atoms with Crippen molar-refractivity contribution in [2.45, 2.75) is 47.1 Å². The predicted molar refractivity (Wildman–Crippen MR) is 113 cm³/mol. The van der Waals surface area contributed by atoms with Crippen molar-refractivity contribution in [2.24, 2.45) is 0 Å². The van der Waals surface area contributed by atoms with Crippen LogP contribution < -0.4 is 0 Å². The molecule has 0 aliphatic heterocycles. The average molecular weight is 363 g/mol. The van der Waals surface area contributed by atoms with E-state index in [1.54, 1.807) is 0 Å². The minimum absolute atomic E-state index is 0.147. The minimum Gasteiger partial charge on any atom is -0.340 e. The smallest absolute Gasteiger partial charge is 0.253 e. The number of hydrogen-bond donors (Lipinski definition) is 0. The molecule has 0 aliphatic carbocycles. The summed E-state index contributed by atoms with van der Waals surface area (Å²) in [6.45, 7) is 11.0. The Hall–Kier alpha value is -2.55. The molecule has 2 aromatic carbocycles. The van der Waals surface area contributed by atoms with Crippen molar-refractivity contribution in [3.63, 3.8) is 0 Å². The Labute approximate surface area is 162 Å². The molecule has 142 valence electrons. The molecular weight excluding hydrogens is 332 g/mol. The molecule has 3 rings (SSSR count). The Kier molecular flexibility index (Phi) is 6.00. The molecule has 3 nitrogen and oxygen atoms in total. The van der Waals surface area contributed by atoms with E-state index in [0.29, 0.717) is 0 Å². The fourth-order valence-corrected chi connectivity index (χ4v) is 3.79. The van der Waals surface area contributed by atoms with Gasteiger partial charge in [0, 0.05) is 41.8 Å². The highest BCUT2D eigenvalue weighted by Crippen LogP contribution is 2.27. The zero-order chi connectivity index (χ0) is 19.4. The summed E-state index contributed by atoms with van der Waals surface area (Å²) in [5.41, 5.74) is 5.80. The first-order valence-electron chi connectivity index (χ1n) is 9.99. The van der Waals surface area contributed by atoms with E-state index in [-0.39, 0.29) is 5.91 Å². The molecule has 1 heterocycles. The van der Waals surface area contributed by atoms with Crippen molar-refractivity contribution in [1.29, 1.82) is 0 Å². The predicted octanol–water partition coefficient (Wildman–Crippen LogP) is 5.57. The van der Waals surface area contributed by atoms with E-state index in [4.69, 9.17) is 0 Å². The van der Waals surface area contributed by atoms with Crippen LogP contribution in [0.25, 0.3) is 10.9 Å². The molecule has 3 aromatic rings. The third-order valence-corrected chi connectivity index (χ3v) is 5.34. The molecule has 0 spiro atoms. The molecule has 0 atom stereocenters. The summed E-state index contributed by atoms with van der Waals surface area (Å²) in [5, 5.41) is 1.18. The van der Waals surface area contributed by atoms with Crippen LogP contribution in [0.5, 0.6) is 0 Å². The van der Waals surface area contributed by atoms with Crippen LogP contribution in [-0.4, -0.2) is 28.5 Å². The van der Waals surface area contributed by atoms with Crippen LogP contribution in [0.15, 0.2) is 48.5 Å². The second-order valence-electron chi connectivity index (χ2n) is 7.31. The second-order valence-corrected chi connectivity index (χ2v) is 7.31. The van der Waals surface area contributed by atoms with Crippen molar-refractivity contribution < 1.29 is 4.79 Å². The quantitative estimate of drug-likeness (QED) is 0.539. The molecule has 27 heavy (non-hydrogen) atoms. The van der Waals surface area contributed by atoms with E-state index < -0.39 is 0 Å². The number of aromatic nitrogens is 1. The van der Waals surface area contributed by atoms with Crippen molar-refractivity contribution in [3.05, 3.63) is 70.9 Å². The van der Waals surface area contributed by atoms with Crippen LogP contribution in [0.4, 0.5) is 0 Å². The number of carbonyl (C=O) groups excluding carboxylic acids is 1. The topological polar surface area (TPSA) is 25.2 Å². The van der Waals surface area contributed by atoms with Crippen molar-refractivity contribution in [3.8, 4) is 0 Å². The number of amides is 1. The molecule has 0 fully saturated rings. The monoisotopic (exact) mass is 362 g/mol. The molecule has 0 aliphatic rings. The van der Waals surface area contributed by atoms with E-state index in [1.807, 2.05) is 17.0 Å². The third kappa shape index (κ3) is 3.92. The highest BCUT2D eigenvalue weighted by molar-refractivity contribution is 5.99. The lowest BCUT2D eigenvalue weighted by Gasteiger charge is -2.21. The van der Waals surface area contributed by atoms with Gasteiger partial charge < -0.3 is 9.47 Å². The van der Waals surface area contributed by atoms with Gasteiger partial charge in [-0.2, -0.15) is 0 Å². The van der Waals surface area contributed by atoms with Crippen molar-refractivity contribution in [2.75, 3.05) is 13.1 Å². The van der Waals surface area contributed by atoms with Crippen LogP contribution in [0.3, 0.4) is 0 Å². The van der Waals surface area contributed by atoms with Gasteiger partial charge in [-0.1, -0.05) is 44.2 Å². The normalized spacial score (nSPS) is 11.1. The molecule has 0 saturated carbocycles. The Balaban J connectivity index is 1.99. The van der Waals surface area contributed by atoms with Gasteiger partial charge in [0.25, 0.3) is 5.91 Å². The zero-order valence-corrected chi connectivity index (χ0v) is 17.0. The summed E-state index contributed by atoms with van der Waals surface area (Å²) in [6.07, 6.45) is 1.97.